The zero-order valence-corrected chi connectivity index (χ0v) is 13.8. The van der Waals surface area contributed by atoms with Crippen LogP contribution in [-0.4, -0.2) is 16.0 Å². The number of carbonyl (C=O) groups is 1. The molecular weight excluding hydrogens is 351 g/mol. The molecular formula is C16H12Cl2N4O2. The largest absolute Gasteiger partial charge is 0.375 e. The molecule has 24 heavy (non-hydrogen) atoms. The molecule has 0 saturated heterocycles. The van der Waals surface area contributed by atoms with E-state index in [-0.39, 0.29) is 6.54 Å². The molecule has 0 bridgehead atoms. The number of halogens is 2. The fraction of sp³-hybridized carbons (Fsp3) is 0.0625. The van der Waals surface area contributed by atoms with Crippen LogP contribution in [0.25, 0.3) is 11.4 Å². The molecule has 1 aromatic heterocycles. The molecule has 0 aliphatic rings. The first-order valence-electron chi connectivity index (χ1n) is 6.94. The second kappa shape index (κ2) is 6.90. The second-order valence-corrected chi connectivity index (χ2v) is 5.80. The lowest BCUT2D eigenvalue weighted by atomic mass is 10.1. The molecule has 6 nitrogen and oxygen atoms in total. The molecule has 0 fully saturated rings. The van der Waals surface area contributed by atoms with Gasteiger partial charge in [-0.15, -0.1) is 0 Å². The molecule has 3 N–H and O–H groups in total. The molecule has 0 saturated carbocycles. The van der Waals surface area contributed by atoms with E-state index in [0.717, 1.165) is 5.56 Å². The van der Waals surface area contributed by atoms with Gasteiger partial charge in [0, 0.05) is 21.3 Å². The van der Waals surface area contributed by atoms with Gasteiger partial charge in [0.1, 0.15) is 0 Å². The van der Waals surface area contributed by atoms with Crippen LogP contribution in [0.4, 0.5) is 5.69 Å². The standard InChI is InChI=1S/C16H12Cl2N4O2/c17-10-3-1-9(2-4-10)16-21-14(24-22-16)8-20-13-7-11(18)5-6-12(13)15(19)23/h1-7,20H,8H2,(H2,19,23). The van der Waals surface area contributed by atoms with Crippen molar-refractivity contribution >= 4 is 34.8 Å². The van der Waals surface area contributed by atoms with Gasteiger partial charge in [0.25, 0.3) is 5.91 Å². The van der Waals surface area contributed by atoms with Crippen LogP contribution >= 0.6 is 23.2 Å². The average Bonchev–Trinajstić information content (AvgIpc) is 3.02. The van der Waals surface area contributed by atoms with Crippen LogP contribution in [0.15, 0.2) is 47.0 Å². The van der Waals surface area contributed by atoms with E-state index in [1.54, 1.807) is 42.5 Å². The van der Waals surface area contributed by atoms with E-state index in [1.165, 1.54) is 0 Å². The van der Waals surface area contributed by atoms with Crippen molar-refractivity contribution in [3.05, 3.63) is 64.0 Å². The number of primary amides is 1. The molecule has 8 heteroatoms. The van der Waals surface area contributed by atoms with E-state index in [0.29, 0.717) is 33.0 Å². The van der Waals surface area contributed by atoms with Crippen molar-refractivity contribution in [2.45, 2.75) is 6.54 Å². The topological polar surface area (TPSA) is 94.0 Å². The lowest BCUT2D eigenvalue weighted by molar-refractivity contribution is 0.100. The Bertz CT molecular complexity index is 878. The predicted octanol–water partition coefficient (Wildman–Crippen LogP) is 3.75. The summed E-state index contributed by atoms with van der Waals surface area (Å²) in [5, 5.41) is 8.05. The van der Waals surface area contributed by atoms with Gasteiger partial charge in [0.2, 0.25) is 11.7 Å². The van der Waals surface area contributed by atoms with Crippen molar-refractivity contribution in [2.24, 2.45) is 5.73 Å². The number of amides is 1. The summed E-state index contributed by atoms with van der Waals surface area (Å²) in [5.41, 5.74) is 6.96. The highest BCUT2D eigenvalue weighted by Gasteiger charge is 2.12. The fourth-order valence-corrected chi connectivity index (χ4v) is 2.39. The van der Waals surface area contributed by atoms with Gasteiger partial charge in [-0.1, -0.05) is 28.4 Å². The van der Waals surface area contributed by atoms with Gasteiger partial charge in [-0.2, -0.15) is 4.98 Å². The Morgan fingerprint density at radius 1 is 1.12 bits per heavy atom. The highest BCUT2D eigenvalue weighted by atomic mass is 35.5. The molecule has 2 aromatic carbocycles. The van der Waals surface area contributed by atoms with Crippen LogP contribution in [0.3, 0.4) is 0 Å². The summed E-state index contributed by atoms with van der Waals surface area (Å²) < 4.78 is 5.20. The zero-order chi connectivity index (χ0) is 17.1. The number of aromatic nitrogens is 2. The fourth-order valence-electron chi connectivity index (χ4n) is 2.09. The molecule has 0 atom stereocenters. The van der Waals surface area contributed by atoms with E-state index in [2.05, 4.69) is 15.5 Å². The minimum Gasteiger partial charge on any atom is -0.375 e. The van der Waals surface area contributed by atoms with E-state index < -0.39 is 5.91 Å². The summed E-state index contributed by atoms with van der Waals surface area (Å²) >= 11 is 11.8. The van der Waals surface area contributed by atoms with Crippen molar-refractivity contribution in [2.75, 3.05) is 5.32 Å². The van der Waals surface area contributed by atoms with Gasteiger partial charge in [-0.05, 0) is 42.5 Å². The van der Waals surface area contributed by atoms with Gasteiger partial charge in [0.15, 0.2) is 0 Å². The van der Waals surface area contributed by atoms with E-state index >= 15 is 0 Å². The SMILES string of the molecule is NC(=O)c1ccc(Cl)cc1NCc1nc(-c2ccc(Cl)cc2)no1. The predicted molar refractivity (Wildman–Crippen MR) is 92.0 cm³/mol. The molecule has 3 rings (SSSR count). The first-order valence-corrected chi connectivity index (χ1v) is 7.70. The Balaban J connectivity index is 1.75. The number of anilines is 1. The Morgan fingerprint density at radius 3 is 2.54 bits per heavy atom. The third kappa shape index (κ3) is 3.67. The summed E-state index contributed by atoms with van der Waals surface area (Å²) in [6, 6.07) is 11.8. The van der Waals surface area contributed by atoms with Gasteiger partial charge >= 0.3 is 0 Å². The molecule has 0 spiro atoms. The second-order valence-electron chi connectivity index (χ2n) is 4.93. The van der Waals surface area contributed by atoms with E-state index in [1.807, 2.05) is 0 Å². The first kappa shape index (κ1) is 16.3. The summed E-state index contributed by atoms with van der Waals surface area (Å²) in [6.45, 7) is 0.223. The number of hydrogen-bond acceptors (Lipinski definition) is 5. The molecule has 122 valence electrons. The van der Waals surface area contributed by atoms with Gasteiger partial charge in [0.05, 0.1) is 12.1 Å². The maximum atomic E-state index is 11.4. The van der Waals surface area contributed by atoms with Crippen LogP contribution < -0.4 is 11.1 Å². The molecule has 0 radical (unpaired) electrons. The monoisotopic (exact) mass is 362 g/mol. The lowest BCUT2D eigenvalue weighted by Gasteiger charge is -2.08. The normalized spacial score (nSPS) is 10.6. The smallest absolute Gasteiger partial charge is 0.250 e. The number of hydrogen-bond donors (Lipinski definition) is 2. The molecule has 0 aliphatic heterocycles. The highest BCUT2D eigenvalue weighted by molar-refractivity contribution is 6.31. The quantitative estimate of drug-likeness (QED) is 0.720. The summed E-state index contributed by atoms with van der Waals surface area (Å²) in [6.07, 6.45) is 0. The molecule has 0 aliphatic carbocycles. The van der Waals surface area contributed by atoms with Crippen molar-refractivity contribution in [3.63, 3.8) is 0 Å². The highest BCUT2D eigenvalue weighted by Crippen LogP contribution is 2.22. The summed E-state index contributed by atoms with van der Waals surface area (Å²) in [4.78, 5) is 15.7. The number of carbonyl (C=O) groups excluding carboxylic acids is 1. The van der Waals surface area contributed by atoms with Crippen LogP contribution in [0, 0.1) is 0 Å². The lowest BCUT2D eigenvalue weighted by Crippen LogP contribution is -2.14. The third-order valence-corrected chi connectivity index (χ3v) is 3.73. The van der Waals surface area contributed by atoms with Crippen LogP contribution in [-0.2, 0) is 6.54 Å². The molecule has 1 amide bonds. The van der Waals surface area contributed by atoms with E-state index in [9.17, 15) is 4.79 Å². The van der Waals surface area contributed by atoms with Crippen LogP contribution in [0.1, 0.15) is 16.2 Å². The number of rotatable bonds is 5. The van der Waals surface area contributed by atoms with Crippen molar-refractivity contribution in [1.82, 2.24) is 10.1 Å². The minimum absolute atomic E-state index is 0.223. The van der Waals surface area contributed by atoms with Crippen molar-refractivity contribution < 1.29 is 9.32 Å². The third-order valence-electron chi connectivity index (χ3n) is 3.25. The summed E-state index contributed by atoms with van der Waals surface area (Å²) in [7, 11) is 0. The molecule has 1 heterocycles. The Morgan fingerprint density at radius 2 is 1.83 bits per heavy atom. The van der Waals surface area contributed by atoms with Gasteiger partial charge in [-0.25, -0.2) is 0 Å². The molecule has 3 aromatic rings. The molecule has 0 unspecified atom stereocenters. The maximum Gasteiger partial charge on any atom is 0.250 e. The Labute approximate surface area is 147 Å². The van der Waals surface area contributed by atoms with Crippen LogP contribution in [0.2, 0.25) is 10.0 Å². The van der Waals surface area contributed by atoms with Gasteiger partial charge < -0.3 is 15.6 Å². The number of nitrogens with one attached hydrogen (secondary N) is 1. The van der Waals surface area contributed by atoms with E-state index in [4.69, 9.17) is 33.5 Å². The number of benzene rings is 2. The Hall–Kier alpha value is -2.57. The minimum atomic E-state index is -0.554. The van der Waals surface area contributed by atoms with Gasteiger partial charge in [-0.3, -0.25) is 4.79 Å². The van der Waals surface area contributed by atoms with Crippen LogP contribution in [0.5, 0.6) is 0 Å². The number of nitrogens with zero attached hydrogens (tertiary/aromatic N) is 2. The Kier molecular flexibility index (Phi) is 4.69. The first-order chi connectivity index (χ1) is 11.5. The maximum absolute atomic E-state index is 11.4. The number of nitrogens with two attached hydrogens (primary N) is 1. The average molecular weight is 363 g/mol. The summed E-state index contributed by atoms with van der Waals surface area (Å²) in [5.74, 6) is 0.251. The van der Waals surface area contributed by atoms with Crippen molar-refractivity contribution in [3.8, 4) is 11.4 Å². The van der Waals surface area contributed by atoms with Crippen molar-refractivity contribution in [1.29, 1.82) is 0 Å². The zero-order valence-electron chi connectivity index (χ0n) is 12.3.